The van der Waals surface area contributed by atoms with E-state index >= 15 is 0 Å². The molecule has 6 nitrogen and oxygen atoms in total. The van der Waals surface area contributed by atoms with E-state index < -0.39 is 22.4 Å². The van der Waals surface area contributed by atoms with Crippen LogP contribution in [0.15, 0.2) is 59.5 Å². The van der Waals surface area contributed by atoms with E-state index in [1.165, 1.54) is 16.1 Å². The van der Waals surface area contributed by atoms with Crippen LogP contribution in [-0.4, -0.2) is 30.7 Å². The Hall–Kier alpha value is -2.19. The molecular formula is C19H19NO5S. The lowest BCUT2D eigenvalue weighted by molar-refractivity contribution is -0.0448. The van der Waals surface area contributed by atoms with Crippen LogP contribution in [0, 0.1) is 0 Å². The van der Waals surface area contributed by atoms with Gasteiger partial charge >= 0.3 is 0 Å². The van der Waals surface area contributed by atoms with Crippen molar-refractivity contribution in [1.82, 2.24) is 3.97 Å². The molecule has 1 saturated heterocycles. The topological polar surface area (TPSA) is 77.8 Å². The predicted octanol–water partition coefficient (Wildman–Crippen LogP) is 2.98. The minimum atomic E-state index is -3.90. The molecule has 2 heterocycles. The maximum absolute atomic E-state index is 13.4. The number of fused-ring (bicyclic) bond motifs is 1. The summed E-state index contributed by atoms with van der Waals surface area (Å²) in [5.41, 5.74) is 1.32. The molecule has 0 radical (unpaired) electrons. The van der Waals surface area contributed by atoms with Crippen LogP contribution in [0.5, 0.6) is 0 Å². The number of aromatic nitrogens is 1. The highest BCUT2D eigenvalue weighted by atomic mass is 32.2. The summed E-state index contributed by atoms with van der Waals surface area (Å²) in [6.07, 6.45) is -1.72. The van der Waals surface area contributed by atoms with Crippen molar-refractivity contribution in [2.24, 2.45) is 0 Å². The van der Waals surface area contributed by atoms with Crippen LogP contribution in [0.3, 0.4) is 0 Å². The van der Waals surface area contributed by atoms with Crippen LogP contribution < -0.4 is 0 Å². The van der Waals surface area contributed by atoms with E-state index in [9.17, 15) is 13.5 Å². The molecule has 3 aromatic rings. The number of nitrogens with zero attached hydrogens (tertiary/aromatic N) is 1. The first-order valence-electron chi connectivity index (χ1n) is 8.37. The first-order valence-corrected chi connectivity index (χ1v) is 9.81. The summed E-state index contributed by atoms with van der Waals surface area (Å²) in [5, 5.41) is 11.2. The first-order chi connectivity index (χ1) is 12.5. The molecule has 0 amide bonds. The van der Waals surface area contributed by atoms with E-state index in [2.05, 4.69) is 0 Å². The first kappa shape index (κ1) is 17.2. The smallest absolute Gasteiger partial charge is 0.268 e. The average molecular weight is 373 g/mol. The van der Waals surface area contributed by atoms with Gasteiger partial charge in [-0.15, -0.1) is 0 Å². The van der Waals surface area contributed by atoms with Gasteiger partial charge in [0.2, 0.25) is 0 Å². The fraction of sp³-hybridized carbons (Fsp3) is 0.263. The number of hydrogen-bond acceptors (Lipinski definition) is 5. The van der Waals surface area contributed by atoms with Gasteiger partial charge in [-0.1, -0.05) is 36.4 Å². The summed E-state index contributed by atoms with van der Waals surface area (Å²) in [6, 6.07) is 15.3. The molecule has 1 aliphatic rings. The highest BCUT2D eigenvalue weighted by Gasteiger charge is 2.34. The zero-order valence-electron chi connectivity index (χ0n) is 14.2. The van der Waals surface area contributed by atoms with Gasteiger partial charge < -0.3 is 14.6 Å². The van der Waals surface area contributed by atoms with Crippen molar-refractivity contribution >= 4 is 20.9 Å². The Kier molecular flexibility index (Phi) is 4.32. The summed E-state index contributed by atoms with van der Waals surface area (Å²) in [7, 11) is -3.90. The summed E-state index contributed by atoms with van der Waals surface area (Å²) in [5.74, 6) is 0. The van der Waals surface area contributed by atoms with Crippen LogP contribution >= 0.6 is 0 Å². The van der Waals surface area contributed by atoms with E-state index in [0.717, 1.165) is 0 Å². The third-order valence-electron chi connectivity index (χ3n) is 4.44. The molecule has 26 heavy (non-hydrogen) atoms. The molecule has 1 unspecified atom stereocenters. The van der Waals surface area contributed by atoms with Crippen molar-refractivity contribution in [2.45, 2.75) is 24.2 Å². The van der Waals surface area contributed by atoms with Gasteiger partial charge in [0.05, 0.1) is 35.4 Å². The van der Waals surface area contributed by atoms with E-state index in [1.807, 2.05) is 12.1 Å². The summed E-state index contributed by atoms with van der Waals surface area (Å²) < 4.78 is 39.2. The molecule has 0 aliphatic carbocycles. The Labute approximate surface area is 151 Å². The quantitative estimate of drug-likeness (QED) is 0.761. The molecule has 136 valence electrons. The van der Waals surface area contributed by atoms with E-state index in [0.29, 0.717) is 29.7 Å². The third kappa shape index (κ3) is 2.64. The maximum Gasteiger partial charge on any atom is 0.268 e. The molecule has 0 saturated carbocycles. The van der Waals surface area contributed by atoms with Crippen molar-refractivity contribution in [3.05, 3.63) is 65.9 Å². The fourth-order valence-corrected chi connectivity index (χ4v) is 5.02. The van der Waals surface area contributed by atoms with Crippen LogP contribution in [-0.2, 0) is 19.5 Å². The van der Waals surface area contributed by atoms with E-state index in [-0.39, 0.29) is 10.6 Å². The lowest BCUT2D eigenvalue weighted by Crippen LogP contribution is -2.18. The highest BCUT2D eigenvalue weighted by Crippen LogP contribution is 2.40. The second-order valence-electron chi connectivity index (χ2n) is 6.15. The minimum absolute atomic E-state index is 0.155. The van der Waals surface area contributed by atoms with Crippen molar-refractivity contribution in [3.63, 3.8) is 0 Å². The van der Waals surface area contributed by atoms with Gasteiger partial charge in [0.1, 0.15) is 0 Å². The van der Waals surface area contributed by atoms with Crippen LogP contribution in [0.1, 0.15) is 30.6 Å². The molecule has 1 fully saturated rings. The minimum Gasteiger partial charge on any atom is -0.387 e. The molecule has 0 bridgehead atoms. The van der Waals surface area contributed by atoms with Crippen LogP contribution in [0.4, 0.5) is 0 Å². The zero-order valence-corrected chi connectivity index (χ0v) is 15.0. The standard InChI is InChI=1S/C19H19NO5S/c1-13(21)18-17(19-24-11-12-25-19)15-9-5-6-10-16(15)20(18)26(22,23)14-7-3-2-4-8-14/h2-10,13,19,21H,11-12H2,1H3. The average Bonchev–Trinajstić information content (AvgIpc) is 3.28. The van der Waals surface area contributed by atoms with Gasteiger partial charge in [0.25, 0.3) is 10.0 Å². The van der Waals surface area contributed by atoms with Gasteiger partial charge in [0.15, 0.2) is 6.29 Å². The Bertz CT molecular complexity index is 1030. The molecule has 4 rings (SSSR count). The lowest BCUT2D eigenvalue weighted by atomic mass is 10.1. The van der Waals surface area contributed by atoms with Crippen LogP contribution in [0.2, 0.25) is 0 Å². The second-order valence-corrected chi connectivity index (χ2v) is 7.93. The molecule has 1 N–H and O–H groups in total. The van der Waals surface area contributed by atoms with Crippen molar-refractivity contribution in [3.8, 4) is 0 Å². The highest BCUT2D eigenvalue weighted by molar-refractivity contribution is 7.90. The van der Waals surface area contributed by atoms with Crippen molar-refractivity contribution < 1.29 is 23.0 Å². The number of aliphatic hydroxyl groups is 1. The number of ether oxygens (including phenoxy) is 2. The predicted molar refractivity (Wildman–Crippen MR) is 96.2 cm³/mol. The summed E-state index contributed by atoms with van der Waals surface area (Å²) in [4.78, 5) is 0.155. The zero-order chi connectivity index (χ0) is 18.3. The third-order valence-corrected chi connectivity index (χ3v) is 6.18. The number of hydrogen-bond donors (Lipinski definition) is 1. The van der Waals surface area contributed by atoms with E-state index in [4.69, 9.17) is 9.47 Å². The van der Waals surface area contributed by atoms with Gasteiger partial charge in [0, 0.05) is 10.9 Å². The lowest BCUT2D eigenvalue weighted by Gasteiger charge is -2.17. The summed E-state index contributed by atoms with van der Waals surface area (Å²) in [6.45, 7) is 2.40. The maximum atomic E-state index is 13.4. The molecule has 1 aliphatic heterocycles. The summed E-state index contributed by atoms with van der Waals surface area (Å²) >= 11 is 0. The van der Waals surface area contributed by atoms with Gasteiger partial charge in [-0.05, 0) is 25.1 Å². The van der Waals surface area contributed by atoms with Crippen molar-refractivity contribution in [1.29, 1.82) is 0 Å². The molecule has 1 atom stereocenters. The Morgan fingerprint density at radius 1 is 1.04 bits per heavy atom. The molecule has 2 aromatic carbocycles. The molecule has 0 spiro atoms. The van der Waals surface area contributed by atoms with Crippen molar-refractivity contribution in [2.75, 3.05) is 13.2 Å². The molecular weight excluding hydrogens is 354 g/mol. The Morgan fingerprint density at radius 3 is 2.31 bits per heavy atom. The van der Waals surface area contributed by atoms with E-state index in [1.54, 1.807) is 37.3 Å². The molecule has 1 aromatic heterocycles. The number of para-hydroxylation sites is 1. The Morgan fingerprint density at radius 2 is 1.65 bits per heavy atom. The molecule has 7 heteroatoms. The normalized spacial score (nSPS) is 17.0. The number of aliphatic hydroxyl groups excluding tert-OH is 1. The second kappa shape index (κ2) is 6.51. The number of benzene rings is 2. The van der Waals surface area contributed by atoms with Gasteiger partial charge in [-0.3, -0.25) is 0 Å². The van der Waals surface area contributed by atoms with Gasteiger partial charge in [-0.25, -0.2) is 12.4 Å². The van der Waals surface area contributed by atoms with Crippen LogP contribution in [0.25, 0.3) is 10.9 Å². The monoisotopic (exact) mass is 373 g/mol. The largest absolute Gasteiger partial charge is 0.387 e. The Balaban J connectivity index is 2.08. The SMILES string of the molecule is CC(O)c1c(C2OCCO2)c2ccccc2n1S(=O)(=O)c1ccccc1. The van der Waals surface area contributed by atoms with Gasteiger partial charge in [-0.2, -0.15) is 0 Å². The number of rotatable bonds is 4. The fourth-order valence-electron chi connectivity index (χ4n) is 3.38.